The van der Waals surface area contributed by atoms with Crippen LogP contribution in [0.3, 0.4) is 0 Å². The first kappa shape index (κ1) is 13.5. The molecule has 0 heterocycles. The van der Waals surface area contributed by atoms with Crippen molar-refractivity contribution in [2.75, 3.05) is 13.2 Å². The molecule has 0 aromatic carbocycles. The van der Waals surface area contributed by atoms with Gasteiger partial charge in [-0.15, -0.1) is 0 Å². The highest BCUT2D eigenvalue weighted by Gasteiger charge is 2.27. The molecule has 3 nitrogen and oxygen atoms in total. The average Bonchev–Trinajstić information content (AvgIpc) is 2.26. The van der Waals surface area contributed by atoms with Crippen molar-refractivity contribution in [2.45, 2.75) is 46.0 Å². The lowest BCUT2D eigenvalue weighted by Gasteiger charge is -2.32. The molecule has 1 fully saturated rings. The van der Waals surface area contributed by atoms with E-state index in [1.54, 1.807) is 0 Å². The zero-order valence-electron chi connectivity index (χ0n) is 10.6. The van der Waals surface area contributed by atoms with Gasteiger partial charge < -0.3 is 10.5 Å². The molecule has 0 radical (unpaired) electrons. The number of hydrogen-bond donors (Lipinski definition) is 1. The number of carbonyl (C=O) groups is 1. The lowest BCUT2D eigenvalue weighted by molar-refractivity contribution is -0.144. The molecular formula is C13H25NO2. The highest BCUT2D eigenvalue weighted by Crippen LogP contribution is 2.34. The van der Waals surface area contributed by atoms with Gasteiger partial charge in [-0.05, 0) is 37.6 Å². The Kier molecular flexibility index (Phi) is 5.81. The van der Waals surface area contributed by atoms with Crippen molar-refractivity contribution in [2.24, 2.45) is 23.5 Å². The molecule has 0 saturated heterocycles. The van der Waals surface area contributed by atoms with E-state index in [9.17, 15) is 4.79 Å². The molecule has 16 heavy (non-hydrogen) atoms. The van der Waals surface area contributed by atoms with Crippen LogP contribution >= 0.6 is 0 Å². The molecule has 0 amide bonds. The Bertz CT molecular complexity index is 218. The summed E-state index contributed by atoms with van der Waals surface area (Å²) >= 11 is 0. The van der Waals surface area contributed by atoms with E-state index in [0.717, 1.165) is 5.92 Å². The van der Waals surface area contributed by atoms with Crippen molar-refractivity contribution < 1.29 is 9.53 Å². The van der Waals surface area contributed by atoms with Crippen LogP contribution in [0, 0.1) is 17.8 Å². The van der Waals surface area contributed by atoms with Gasteiger partial charge in [0.15, 0.2) is 0 Å². The molecule has 0 aliphatic heterocycles. The minimum atomic E-state index is -0.0869. The molecule has 0 spiro atoms. The summed E-state index contributed by atoms with van der Waals surface area (Å²) in [6, 6.07) is 0. The third-order valence-corrected chi connectivity index (χ3v) is 3.68. The van der Waals surface area contributed by atoms with E-state index >= 15 is 0 Å². The monoisotopic (exact) mass is 227 g/mol. The van der Waals surface area contributed by atoms with E-state index in [0.29, 0.717) is 31.4 Å². The Labute approximate surface area is 98.7 Å². The third kappa shape index (κ3) is 4.12. The molecular weight excluding hydrogens is 202 g/mol. The summed E-state index contributed by atoms with van der Waals surface area (Å²) in [6.07, 6.45) is 5.56. The van der Waals surface area contributed by atoms with Gasteiger partial charge in [0.1, 0.15) is 0 Å². The highest BCUT2D eigenvalue weighted by molar-refractivity contribution is 5.69. The number of hydrogen-bond acceptors (Lipinski definition) is 3. The SMILES string of the molecule is CCOC(=O)CC(CN)C1CCCC(C)C1. The Morgan fingerprint density at radius 2 is 2.25 bits per heavy atom. The maximum atomic E-state index is 11.5. The van der Waals surface area contributed by atoms with Crippen LogP contribution in [0.4, 0.5) is 0 Å². The van der Waals surface area contributed by atoms with Crippen molar-refractivity contribution in [3.05, 3.63) is 0 Å². The molecule has 0 aromatic heterocycles. The normalized spacial score (nSPS) is 27.4. The van der Waals surface area contributed by atoms with Gasteiger partial charge >= 0.3 is 5.97 Å². The largest absolute Gasteiger partial charge is 0.466 e. The van der Waals surface area contributed by atoms with Gasteiger partial charge in [-0.25, -0.2) is 0 Å². The third-order valence-electron chi connectivity index (χ3n) is 3.68. The standard InChI is InChI=1S/C13H25NO2/c1-3-16-13(15)8-12(9-14)11-6-4-5-10(2)7-11/h10-12H,3-9,14H2,1-2H3. The molecule has 3 unspecified atom stereocenters. The average molecular weight is 227 g/mol. The lowest BCUT2D eigenvalue weighted by Crippen LogP contribution is -2.30. The summed E-state index contributed by atoms with van der Waals surface area (Å²) in [4.78, 5) is 11.5. The Morgan fingerprint density at radius 1 is 1.50 bits per heavy atom. The zero-order chi connectivity index (χ0) is 12.0. The summed E-state index contributed by atoms with van der Waals surface area (Å²) < 4.78 is 5.00. The van der Waals surface area contributed by atoms with Crippen molar-refractivity contribution in [1.82, 2.24) is 0 Å². The highest BCUT2D eigenvalue weighted by atomic mass is 16.5. The molecule has 3 atom stereocenters. The Hall–Kier alpha value is -0.570. The van der Waals surface area contributed by atoms with E-state index in [-0.39, 0.29) is 5.97 Å². The van der Waals surface area contributed by atoms with E-state index in [4.69, 9.17) is 10.5 Å². The van der Waals surface area contributed by atoms with Crippen molar-refractivity contribution >= 4 is 5.97 Å². The topological polar surface area (TPSA) is 52.3 Å². The van der Waals surface area contributed by atoms with E-state index < -0.39 is 0 Å². The van der Waals surface area contributed by atoms with Crippen LogP contribution in [0.25, 0.3) is 0 Å². The van der Waals surface area contributed by atoms with Crippen LogP contribution in [0.1, 0.15) is 46.0 Å². The molecule has 0 bridgehead atoms. The molecule has 3 heteroatoms. The fraction of sp³-hybridized carbons (Fsp3) is 0.923. The predicted octanol–water partition coefficient (Wildman–Crippen LogP) is 2.34. The van der Waals surface area contributed by atoms with Gasteiger partial charge in [0, 0.05) is 6.42 Å². The number of ether oxygens (including phenoxy) is 1. The first-order chi connectivity index (χ1) is 7.67. The molecule has 0 aromatic rings. The second-order valence-electron chi connectivity index (χ2n) is 5.04. The zero-order valence-corrected chi connectivity index (χ0v) is 10.6. The van der Waals surface area contributed by atoms with Gasteiger partial charge in [0.05, 0.1) is 6.61 Å². The van der Waals surface area contributed by atoms with Gasteiger partial charge in [-0.3, -0.25) is 4.79 Å². The molecule has 2 N–H and O–H groups in total. The Balaban J connectivity index is 2.43. The summed E-state index contributed by atoms with van der Waals surface area (Å²) in [5.74, 6) is 1.64. The van der Waals surface area contributed by atoms with Crippen LogP contribution in [-0.4, -0.2) is 19.1 Å². The predicted molar refractivity (Wildman–Crippen MR) is 64.9 cm³/mol. The maximum absolute atomic E-state index is 11.5. The van der Waals surface area contributed by atoms with E-state index in [1.807, 2.05) is 6.92 Å². The van der Waals surface area contributed by atoms with Crippen LogP contribution in [0.2, 0.25) is 0 Å². The van der Waals surface area contributed by atoms with Gasteiger partial charge in [0.25, 0.3) is 0 Å². The maximum Gasteiger partial charge on any atom is 0.306 e. The molecule has 1 aliphatic carbocycles. The van der Waals surface area contributed by atoms with Crippen LogP contribution in [0.15, 0.2) is 0 Å². The lowest BCUT2D eigenvalue weighted by atomic mass is 9.74. The van der Waals surface area contributed by atoms with Gasteiger partial charge in [-0.2, -0.15) is 0 Å². The first-order valence-electron chi connectivity index (χ1n) is 6.53. The Morgan fingerprint density at radius 3 is 2.81 bits per heavy atom. The molecule has 1 saturated carbocycles. The first-order valence-corrected chi connectivity index (χ1v) is 6.53. The summed E-state index contributed by atoms with van der Waals surface area (Å²) in [7, 11) is 0. The minimum absolute atomic E-state index is 0.0869. The number of nitrogens with two attached hydrogens (primary N) is 1. The molecule has 94 valence electrons. The van der Waals surface area contributed by atoms with Crippen molar-refractivity contribution in [1.29, 1.82) is 0 Å². The van der Waals surface area contributed by atoms with Crippen LogP contribution in [0.5, 0.6) is 0 Å². The second-order valence-corrected chi connectivity index (χ2v) is 5.04. The number of rotatable bonds is 5. The summed E-state index contributed by atoms with van der Waals surface area (Å²) in [5.41, 5.74) is 5.79. The van der Waals surface area contributed by atoms with Gasteiger partial charge in [0.2, 0.25) is 0 Å². The number of carbonyl (C=O) groups excluding carboxylic acids is 1. The quantitative estimate of drug-likeness (QED) is 0.733. The van der Waals surface area contributed by atoms with Crippen molar-refractivity contribution in [3.63, 3.8) is 0 Å². The smallest absolute Gasteiger partial charge is 0.306 e. The summed E-state index contributed by atoms with van der Waals surface area (Å²) in [6.45, 7) is 5.22. The van der Waals surface area contributed by atoms with Crippen LogP contribution in [-0.2, 0) is 9.53 Å². The second kappa shape index (κ2) is 6.89. The molecule has 1 rings (SSSR count). The molecule has 1 aliphatic rings. The van der Waals surface area contributed by atoms with Crippen LogP contribution < -0.4 is 5.73 Å². The minimum Gasteiger partial charge on any atom is -0.466 e. The van der Waals surface area contributed by atoms with E-state index in [1.165, 1.54) is 25.7 Å². The van der Waals surface area contributed by atoms with E-state index in [2.05, 4.69) is 6.92 Å². The number of esters is 1. The van der Waals surface area contributed by atoms with Crippen molar-refractivity contribution in [3.8, 4) is 0 Å². The fourth-order valence-corrected chi connectivity index (χ4v) is 2.79. The van der Waals surface area contributed by atoms with Gasteiger partial charge in [-0.1, -0.05) is 26.2 Å². The fourth-order valence-electron chi connectivity index (χ4n) is 2.79. The summed E-state index contributed by atoms with van der Waals surface area (Å²) in [5, 5.41) is 0.